The number of furan rings is 1. The van der Waals surface area contributed by atoms with E-state index in [1.165, 1.54) is 26.4 Å². The number of methoxy groups -OCH3 is 2. The highest BCUT2D eigenvalue weighted by Gasteiger charge is 2.42. The van der Waals surface area contributed by atoms with Crippen molar-refractivity contribution in [3.05, 3.63) is 96.0 Å². The van der Waals surface area contributed by atoms with Gasteiger partial charge in [0.15, 0.2) is 5.11 Å². The summed E-state index contributed by atoms with van der Waals surface area (Å²) in [5, 5.41) is 15.9. The Morgan fingerprint density at radius 3 is 2.58 bits per heavy atom. The Hall–Kier alpha value is -4.74. The lowest BCUT2D eigenvalue weighted by Crippen LogP contribution is -2.29. The van der Waals surface area contributed by atoms with E-state index >= 15 is 0 Å². The molecule has 0 unspecified atom stereocenters. The minimum Gasteiger partial charge on any atom is -0.495 e. The number of carboxylic acids is 1. The number of carbonyl (C=O) groups is 2. The molecule has 2 aromatic heterocycles. The maximum atomic E-state index is 12.3. The number of nitrogens with one attached hydrogen (secondary N) is 2. The summed E-state index contributed by atoms with van der Waals surface area (Å²) >= 11 is 5.80. The number of thiocarbonyl (C=S) groups is 1. The summed E-state index contributed by atoms with van der Waals surface area (Å²) in [4.78, 5) is 30.0. The molecule has 204 valence electrons. The molecule has 0 aliphatic carbocycles. The van der Waals surface area contributed by atoms with Gasteiger partial charge in [-0.15, -0.1) is 0 Å². The van der Waals surface area contributed by atoms with Gasteiger partial charge < -0.3 is 34.5 Å². The third-order valence-corrected chi connectivity index (χ3v) is 6.76. The zero-order chi connectivity index (χ0) is 28.2. The van der Waals surface area contributed by atoms with Crippen LogP contribution in [-0.4, -0.2) is 47.9 Å². The number of ether oxygens (including phenoxy) is 2. The first-order valence-corrected chi connectivity index (χ1v) is 12.7. The first-order chi connectivity index (χ1) is 19.4. The number of hydrogen-bond donors (Lipinski definition) is 3. The van der Waals surface area contributed by atoms with Crippen LogP contribution in [0.15, 0.2) is 83.4 Å². The van der Waals surface area contributed by atoms with E-state index in [0.29, 0.717) is 33.8 Å². The van der Waals surface area contributed by atoms with Crippen LogP contribution in [0.2, 0.25) is 0 Å². The van der Waals surface area contributed by atoms with Gasteiger partial charge in [-0.05, 0) is 66.8 Å². The van der Waals surface area contributed by atoms with Crippen LogP contribution in [0.5, 0.6) is 5.75 Å². The summed E-state index contributed by atoms with van der Waals surface area (Å²) in [5.41, 5.74) is 2.85. The molecule has 3 heterocycles. The van der Waals surface area contributed by atoms with E-state index in [9.17, 15) is 14.7 Å². The van der Waals surface area contributed by atoms with Crippen molar-refractivity contribution in [3.63, 3.8) is 0 Å². The Morgan fingerprint density at radius 2 is 1.90 bits per heavy atom. The van der Waals surface area contributed by atoms with Crippen molar-refractivity contribution in [2.45, 2.75) is 12.1 Å². The number of aromatic nitrogens is 1. The minimum absolute atomic E-state index is 0.107. The Kier molecular flexibility index (Phi) is 7.76. The molecule has 1 aliphatic heterocycles. The lowest BCUT2D eigenvalue weighted by atomic mass is 10.0. The Bertz CT molecular complexity index is 1540. The molecular formula is C29H26N4O6S. The number of anilines is 2. The zero-order valence-electron chi connectivity index (χ0n) is 21.7. The van der Waals surface area contributed by atoms with Crippen LogP contribution in [0.1, 0.15) is 33.9 Å². The lowest BCUT2D eigenvalue weighted by molar-refractivity contribution is -0.119. The fourth-order valence-corrected chi connectivity index (χ4v) is 4.97. The fraction of sp³-hybridized carbons (Fsp3) is 0.172. The third-order valence-electron chi connectivity index (χ3n) is 6.44. The fourth-order valence-electron chi connectivity index (χ4n) is 4.63. The molecule has 40 heavy (non-hydrogen) atoms. The van der Waals surface area contributed by atoms with E-state index in [2.05, 4.69) is 15.6 Å². The van der Waals surface area contributed by atoms with Crippen molar-refractivity contribution in [2.24, 2.45) is 0 Å². The van der Waals surface area contributed by atoms with Gasteiger partial charge in [-0.1, -0.05) is 18.2 Å². The van der Waals surface area contributed by atoms with E-state index in [0.717, 1.165) is 11.3 Å². The highest BCUT2D eigenvalue weighted by atomic mass is 32.1. The molecule has 0 saturated carbocycles. The normalized spacial score (nSPS) is 16.4. The minimum atomic E-state index is -0.997. The average molecular weight is 559 g/mol. The van der Waals surface area contributed by atoms with Crippen molar-refractivity contribution < 1.29 is 28.6 Å². The molecule has 2 atom stereocenters. The van der Waals surface area contributed by atoms with E-state index < -0.39 is 12.0 Å². The standard InChI is InChI=1S/C29H26N4O6S/c1-37-16-25(34)31-21-15-19(10-11-23(21)38-2)33-27(26(32-29(33)40)20-5-3-4-14-30-20)24-13-12-22(39-24)17-6-8-18(9-7-17)28(35)36/h3-15,26-27H,16H2,1-2H3,(H,31,34)(H,32,40)(H,35,36)/t26-,27+/m0/s1. The number of pyridine rings is 1. The van der Waals surface area contributed by atoms with Crippen LogP contribution in [0.3, 0.4) is 0 Å². The molecule has 4 aromatic rings. The number of benzene rings is 2. The second kappa shape index (κ2) is 11.6. The van der Waals surface area contributed by atoms with Crippen LogP contribution in [0.25, 0.3) is 11.3 Å². The molecule has 1 fully saturated rings. The van der Waals surface area contributed by atoms with E-state index in [1.54, 1.807) is 30.5 Å². The van der Waals surface area contributed by atoms with Crippen molar-refractivity contribution in [3.8, 4) is 17.1 Å². The SMILES string of the molecule is COCC(=O)Nc1cc(N2C(=S)N[C@@H](c3ccccn3)[C@H]2c2ccc(-c3ccc(C(=O)O)cc3)o2)ccc1OC. The lowest BCUT2D eigenvalue weighted by Gasteiger charge is -2.27. The van der Waals surface area contributed by atoms with Crippen molar-refractivity contribution in [2.75, 3.05) is 31.0 Å². The molecule has 5 rings (SSSR count). The Balaban J connectivity index is 1.56. The quantitative estimate of drug-likeness (QED) is 0.246. The van der Waals surface area contributed by atoms with Crippen molar-refractivity contribution in [1.29, 1.82) is 0 Å². The first-order valence-electron chi connectivity index (χ1n) is 12.3. The van der Waals surface area contributed by atoms with Crippen molar-refractivity contribution in [1.82, 2.24) is 10.3 Å². The number of hydrogen-bond acceptors (Lipinski definition) is 7. The smallest absolute Gasteiger partial charge is 0.335 e. The molecule has 2 aromatic carbocycles. The summed E-state index contributed by atoms with van der Waals surface area (Å²) in [5.74, 6) is 0.345. The largest absolute Gasteiger partial charge is 0.495 e. The highest BCUT2D eigenvalue weighted by Crippen LogP contribution is 2.44. The summed E-state index contributed by atoms with van der Waals surface area (Å²) in [6.45, 7) is -0.107. The van der Waals surface area contributed by atoms with Gasteiger partial charge in [0.05, 0.1) is 30.1 Å². The molecule has 11 heteroatoms. The number of carboxylic acid groups (broad SMARTS) is 1. The molecular weight excluding hydrogens is 532 g/mol. The number of rotatable bonds is 9. The van der Waals surface area contributed by atoms with Crippen LogP contribution < -0.4 is 20.3 Å². The first kappa shape index (κ1) is 26.9. The summed E-state index contributed by atoms with van der Waals surface area (Å²) in [7, 11) is 2.97. The predicted octanol–water partition coefficient (Wildman–Crippen LogP) is 4.81. The van der Waals surface area contributed by atoms with Gasteiger partial charge >= 0.3 is 5.97 Å². The number of amides is 1. The van der Waals surface area contributed by atoms with Crippen LogP contribution in [-0.2, 0) is 9.53 Å². The van der Waals surface area contributed by atoms with Gasteiger partial charge in [-0.2, -0.15) is 0 Å². The summed E-state index contributed by atoms with van der Waals surface area (Å²) in [6, 6.07) is 20.4. The Labute approximate surface area is 235 Å². The van der Waals surface area contributed by atoms with Gasteiger partial charge in [0, 0.05) is 24.6 Å². The van der Waals surface area contributed by atoms with E-state index in [-0.39, 0.29) is 24.1 Å². The number of aromatic carboxylic acids is 1. The van der Waals surface area contributed by atoms with Gasteiger partial charge in [0.25, 0.3) is 0 Å². The Morgan fingerprint density at radius 1 is 1.10 bits per heavy atom. The third kappa shape index (κ3) is 5.37. The topological polar surface area (TPSA) is 126 Å². The summed E-state index contributed by atoms with van der Waals surface area (Å²) in [6.07, 6.45) is 1.72. The zero-order valence-corrected chi connectivity index (χ0v) is 22.5. The second-order valence-electron chi connectivity index (χ2n) is 8.95. The van der Waals surface area contributed by atoms with Gasteiger partial charge in [-0.25, -0.2) is 4.79 Å². The average Bonchev–Trinajstić information content (AvgIpc) is 3.58. The molecule has 10 nitrogen and oxygen atoms in total. The van der Waals surface area contributed by atoms with Gasteiger partial charge in [0.2, 0.25) is 5.91 Å². The molecule has 0 radical (unpaired) electrons. The molecule has 0 bridgehead atoms. The molecule has 0 spiro atoms. The van der Waals surface area contributed by atoms with Gasteiger partial charge in [-0.3, -0.25) is 9.78 Å². The van der Waals surface area contributed by atoms with Gasteiger partial charge in [0.1, 0.15) is 29.9 Å². The molecule has 1 saturated heterocycles. The van der Waals surface area contributed by atoms with Crippen molar-refractivity contribution >= 4 is 40.6 Å². The maximum Gasteiger partial charge on any atom is 0.335 e. The van der Waals surface area contributed by atoms with Crippen LogP contribution in [0.4, 0.5) is 11.4 Å². The maximum absolute atomic E-state index is 12.3. The highest BCUT2D eigenvalue weighted by molar-refractivity contribution is 7.80. The predicted molar refractivity (Wildman–Crippen MR) is 153 cm³/mol. The van der Waals surface area contributed by atoms with E-state index in [4.69, 9.17) is 26.1 Å². The molecule has 3 N–H and O–H groups in total. The molecule has 1 aliphatic rings. The summed E-state index contributed by atoms with van der Waals surface area (Å²) < 4.78 is 16.8. The molecule has 1 amide bonds. The number of nitrogens with zero attached hydrogens (tertiary/aromatic N) is 2. The monoisotopic (exact) mass is 558 g/mol. The second-order valence-corrected chi connectivity index (χ2v) is 9.33. The number of carbonyl (C=O) groups excluding carboxylic acids is 1. The van der Waals surface area contributed by atoms with Crippen LogP contribution in [0, 0.1) is 0 Å². The van der Waals surface area contributed by atoms with E-state index in [1.807, 2.05) is 41.3 Å². The van der Waals surface area contributed by atoms with Crippen LogP contribution >= 0.6 is 12.2 Å².